The second kappa shape index (κ2) is 4.03. The van der Waals surface area contributed by atoms with Crippen molar-refractivity contribution >= 4 is 22.5 Å². The number of hydrogen-bond donors (Lipinski definition) is 2. The molecule has 0 aliphatic heterocycles. The van der Waals surface area contributed by atoms with E-state index in [1.165, 1.54) is 0 Å². The number of rotatable bonds is 2. The van der Waals surface area contributed by atoms with E-state index in [0.29, 0.717) is 0 Å². The minimum absolute atomic E-state index is 0.228. The van der Waals surface area contributed by atoms with Gasteiger partial charge in [0.05, 0.1) is 4.90 Å². The Labute approximate surface area is 92.6 Å². The van der Waals surface area contributed by atoms with Gasteiger partial charge in [0.25, 0.3) is 0 Å². The number of fused-ring (bicyclic) bond motifs is 1. The van der Waals surface area contributed by atoms with Crippen LogP contribution < -0.4 is 0 Å². The molecule has 0 radical (unpaired) electrons. The van der Waals surface area contributed by atoms with Gasteiger partial charge in [0.15, 0.2) is 0 Å². The van der Waals surface area contributed by atoms with Crippen LogP contribution in [0.5, 0.6) is 11.5 Å². The van der Waals surface area contributed by atoms with Crippen LogP contribution in [0.4, 0.5) is 0 Å². The zero-order valence-corrected chi connectivity index (χ0v) is 9.21. The van der Waals surface area contributed by atoms with Gasteiger partial charge >= 0.3 is 0 Å². The van der Waals surface area contributed by atoms with Gasteiger partial charge in [-0.25, -0.2) is 0 Å². The standard InChI is InChI=1S/C12H12O2S/c1-2-15-12-10-7-9(13)5-3-8(10)4-6-11(12)14/h3-7,13-14H,2H2,1H3. The van der Waals surface area contributed by atoms with Gasteiger partial charge in [-0.15, -0.1) is 11.8 Å². The van der Waals surface area contributed by atoms with Crippen molar-refractivity contribution in [3.05, 3.63) is 30.3 Å². The molecule has 0 aromatic heterocycles. The van der Waals surface area contributed by atoms with Crippen molar-refractivity contribution in [1.29, 1.82) is 0 Å². The van der Waals surface area contributed by atoms with E-state index in [2.05, 4.69) is 0 Å². The minimum Gasteiger partial charge on any atom is -0.508 e. The van der Waals surface area contributed by atoms with Crippen LogP contribution in [0.1, 0.15) is 6.92 Å². The van der Waals surface area contributed by atoms with Crippen molar-refractivity contribution in [1.82, 2.24) is 0 Å². The summed E-state index contributed by atoms with van der Waals surface area (Å²) in [5.74, 6) is 1.40. The number of phenolic OH excluding ortho intramolecular Hbond substituents is 2. The molecular weight excluding hydrogens is 208 g/mol. The monoisotopic (exact) mass is 220 g/mol. The van der Waals surface area contributed by atoms with E-state index in [9.17, 15) is 10.2 Å². The molecule has 0 amide bonds. The summed E-state index contributed by atoms with van der Waals surface area (Å²) in [6.07, 6.45) is 0. The summed E-state index contributed by atoms with van der Waals surface area (Å²) in [7, 11) is 0. The SMILES string of the molecule is CCSc1c(O)ccc2ccc(O)cc12. The van der Waals surface area contributed by atoms with E-state index >= 15 is 0 Å². The number of phenols is 2. The maximum atomic E-state index is 9.73. The maximum Gasteiger partial charge on any atom is 0.129 e. The Balaban J connectivity index is 2.72. The third kappa shape index (κ3) is 1.88. The highest BCUT2D eigenvalue weighted by Gasteiger charge is 2.07. The van der Waals surface area contributed by atoms with Crippen LogP contribution in [0.15, 0.2) is 35.2 Å². The Morgan fingerprint density at radius 1 is 1.13 bits per heavy atom. The smallest absolute Gasteiger partial charge is 0.129 e. The van der Waals surface area contributed by atoms with Crippen LogP contribution in [0.2, 0.25) is 0 Å². The fourth-order valence-electron chi connectivity index (χ4n) is 1.56. The van der Waals surface area contributed by atoms with Crippen LogP contribution in [-0.4, -0.2) is 16.0 Å². The first-order chi connectivity index (χ1) is 7.22. The minimum atomic E-state index is 0.228. The molecule has 0 saturated heterocycles. The molecule has 0 heterocycles. The molecule has 0 fully saturated rings. The molecule has 2 nitrogen and oxygen atoms in total. The van der Waals surface area contributed by atoms with Gasteiger partial charge in [0.2, 0.25) is 0 Å². The molecule has 2 rings (SSSR count). The predicted octanol–water partition coefficient (Wildman–Crippen LogP) is 3.36. The van der Waals surface area contributed by atoms with Crippen molar-refractivity contribution in [2.24, 2.45) is 0 Å². The number of benzene rings is 2. The van der Waals surface area contributed by atoms with Crippen LogP contribution in [-0.2, 0) is 0 Å². The van der Waals surface area contributed by atoms with E-state index in [1.807, 2.05) is 19.1 Å². The summed E-state index contributed by atoms with van der Waals surface area (Å²) in [6.45, 7) is 2.03. The van der Waals surface area contributed by atoms with E-state index < -0.39 is 0 Å². The molecule has 3 heteroatoms. The van der Waals surface area contributed by atoms with Crippen molar-refractivity contribution in [3.63, 3.8) is 0 Å². The Bertz CT molecular complexity index is 489. The maximum absolute atomic E-state index is 9.73. The predicted molar refractivity (Wildman–Crippen MR) is 63.7 cm³/mol. The topological polar surface area (TPSA) is 40.5 Å². The van der Waals surface area contributed by atoms with Crippen LogP contribution in [0, 0.1) is 0 Å². The van der Waals surface area contributed by atoms with Crippen LogP contribution in [0.3, 0.4) is 0 Å². The zero-order chi connectivity index (χ0) is 10.8. The first kappa shape index (κ1) is 10.2. The molecule has 2 N–H and O–H groups in total. The summed E-state index contributed by atoms with van der Waals surface area (Å²) in [5, 5.41) is 21.1. The first-order valence-electron chi connectivity index (χ1n) is 4.80. The average molecular weight is 220 g/mol. The summed E-state index contributed by atoms with van der Waals surface area (Å²) in [5.41, 5.74) is 0. The molecule has 2 aromatic carbocycles. The highest BCUT2D eigenvalue weighted by molar-refractivity contribution is 7.99. The highest BCUT2D eigenvalue weighted by atomic mass is 32.2. The molecule has 0 unspecified atom stereocenters. The Kier molecular flexibility index (Phi) is 2.73. The molecule has 0 atom stereocenters. The third-order valence-corrected chi connectivity index (χ3v) is 3.23. The van der Waals surface area contributed by atoms with Gasteiger partial charge in [-0.05, 0) is 29.3 Å². The second-order valence-electron chi connectivity index (χ2n) is 3.25. The van der Waals surface area contributed by atoms with Gasteiger partial charge in [0.1, 0.15) is 11.5 Å². The largest absolute Gasteiger partial charge is 0.508 e. The summed E-state index contributed by atoms with van der Waals surface area (Å²) >= 11 is 1.58. The fourth-order valence-corrected chi connectivity index (χ4v) is 2.40. The Morgan fingerprint density at radius 3 is 2.60 bits per heavy atom. The number of thioether (sulfide) groups is 1. The molecule has 0 spiro atoms. The van der Waals surface area contributed by atoms with Crippen molar-refractivity contribution < 1.29 is 10.2 Å². The Morgan fingerprint density at radius 2 is 1.87 bits per heavy atom. The van der Waals surface area contributed by atoms with E-state index in [4.69, 9.17) is 0 Å². The lowest BCUT2D eigenvalue weighted by Gasteiger charge is -2.07. The first-order valence-corrected chi connectivity index (χ1v) is 5.78. The van der Waals surface area contributed by atoms with E-state index in [-0.39, 0.29) is 11.5 Å². The van der Waals surface area contributed by atoms with Crippen molar-refractivity contribution in [2.45, 2.75) is 11.8 Å². The summed E-state index contributed by atoms with van der Waals surface area (Å²) in [6, 6.07) is 8.73. The molecule has 0 aliphatic carbocycles. The number of aromatic hydroxyl groups is 2. The lowest BCUT2D eigenvalue weighted by molar-refractivity contribution is 0.463. The molecule has 2 aromatic rings. The van der Waals surface area contributed by atoms with Gasteiger partial charge in [-0.2, -0.15) is 0 Å². The molecular formula is C12H12O2S. The Hall–Kier alpha value is -1.35. The summed E-state index contributed by atoms with van der Waals surface area (Å²) < 4.78 is 0. The van der Waals surface area contributed by atoms with Gasteiger partial charge in [-0.1, -0.05) is 19.1 Å². The van der Waals surface area contributed by atoms with Crippen LogP contribution in [0.25, 0.3) is 10.8 Å². The molecule has 15 heavy (non-hydrogen) atoms. The fraction of sp³-hybridized carbons (Fsp3) is 0.167. The van der Waals surface area contributed by atoms with Crippen molar-refractivity contribution in [3.8, 4) is 11.5 Å². The lowest BCUT2D eigenvalue weighted by Crippen LogP contribution is -1.80. The van der Waals surface area contributed by atoms with Gasteiger partial charge in [-0.3, -0.25) is 0 Å². The van der Waals surface area contributed by atoms with Crippen LogP contribution >= 0.6 is 11.8 Å². The third-order valence-electron chi connectivity index (χ3n) is 2.22. The average Bonchev–Trinajstić information content (AvgIpc) is 2.23. The summed E-state index contributed by atoms with van der Waals surface area (Å²) in [4.78, 5) is 0.839. The van der Waals surface area contributed by atoms with E-state index in [0.717, 1.165) is 21.4 Å². The normalized spacial score (nSPS) is 10.7. The molecule has 0 saturated carbocycles. The van der Waals surface area contributed by atoms with Crippen molar-refractivity contribution in [2.75, 3.05) is 5.75 Å². The zero-order valence-electron chi connectivity index (χ0n) is 8.40. The highest BCUT2D eigenvalue weighted by Crippen LogP contribution is 2.36. The molecule has 0 aliphatic rings. The van der Waals surface area contributed by atoms with E-state index in [1.54, 1.807) is 30.0 Å². The lowest BCUT2D eigenvalue weighted by atomic mass is 10.1. The molecule has 78 valence electrons. The van der Waals surface area contributed by atoms with Gasteiger partial charge < -0.3 is 10.2 Å². The number of hydrogen-bond acceptors (Lipinski definition) is 3. The quantitative estimate of drug-likeness (QED) is 0.762. The van der Waals surface area contributed by atoms with Gasteiger partial charge in [0, 0.05) is 5.39 Å². The second-order valence-corrected chi connectivity index (χ2v) is 4.53. The molecule has 0 bridgehead atoms.